The predicted octanol–water partition coefficient (Wildman–Crippen LogP) is 1.94. The number of nitro benzene ring substituents is 2. The monoisotopic (exact) mass is 389 g/mol. The Balaban J connectivity index is 1.70. The molecule has 2 aromatic rings. The van der Waals surface area contributed by atoms with Crippen LogP contribution in [0, 0.1) is 20.2 Å². The Hall–Kier alpha value is -3.73. The van der Waals surface area contributed by atoms with Gasteiger partial charge < -0.3 is 21.1 Å². The van der Waals surface area contributed by atoms with Crippen LogP contribution in [0.25, 0.3) is 0 Å². The second-order valence-corrected chi connectivity index (χ2v) is 5.63. The summed E-state index contributed by atoms with van der Waals surface area (Å²) in [4.78, 5) is 32.2. The van der Waals surface area contributed by atoms with Crippen molar-refractivity contribution in [1.82, 2.24) is 5.32 Å². The molecule has 0 aliphatic heterocycles. The molecule has 11 nitrogen and oxygen atoms in total. The zero-order valence-electron chi connectivity index (χ0n) is 14.8. The van der Waals surface area contributed by atoms with Crippen molar-refractivity contribution < 1.29 is 19.4 Å². The highest BCUT2D eigenvalue weighted by molar-refractivity contribution is 5.94. The normalized spacial score (nSPS) is 10.3. The van der Waals surface area contributed by atoms with Gasteiger partial charge in [-0.1, -0.05) is 0 Å². The molecule has 0 saturated carbocycles. The summed E-state index contributed by atoms with van der Waals surface area (Å²) in [5, 5.41) is 27.2. The van der Waals surface area contributed by atoms with Gasteiger partial charge in [0.15, 0.2) is 0 Å². The number of hydrogen-bond acceptors (Lipinski definition) is 8. The molecule has 148 valence electrons. The van der Waals surface area contributed by atoms with Crippen LogP contribution >= 0.6 is 0 Å². The van der Waals surface area contributed by atoms with E-state index in [1.807, 2.05) is 0 Å². The minimum atomic E-state index is -0.696. The van der Waals surface area contributed by atoms with Crippen LogP contribution in [0.4, 0.5) is 22.7 Å². The fraction of sp³-hybridized carbons (Fsp3) is 0.235. The first-order valence-corrected chi connectivity index (χ1v) is 8.26. The summed E-state index contributed by atoms with van der Waals surface area (Å²) in [6.45, 7) is 1.03. The van der Waals surface area contributed by atoms with E-state index in [0.717, 1.165) is 6.07 Å². The molecule has 0 fully saturated rings. The van der Waals surface area contributed by atoms with E-state index in [9.17, 15) is 25.0 Å². The molecule has 0 radical (unpaired) electrons. The molecular weight excluding hydrogens is 370 g/mol. The van der Waals surface area contributed by atoms with E-state index in [-0.39, 0.29) is 42.7 Å². The van der Waals surface area contributed by atoms with Crippen molar-refractivity contribution in [3.63, 3.8) is 0 Å². The first kappa shape index (κ1) is 20.6. The van der Waals surface area contributed by atoms with Gasteiger partial charge in [0.05, 0.1) is 29.1 Å². The Morgan fingerprint density at radius 2 is 1.68 bits per heavy atom. The second kappa shape index (κ2) is 9.83. The summed E-state index contributed by atoms with van der Waals surface area (Å²) in [6.07, 6.45) is 0. The average molecular weight is 389 g/mol. The molecule has 11 heteroatoms. The lowest BCUT2D eigenvalue weighted by molar-refractivity contribution is -0.393. The Morgan fingerprint density at radius 3 is 2.32 bits per heavy atom. The molecule has 0 aromatic heterocycles. The molecule has 2 aromatic carbocycles. The zero-order valence-corrected chi connectivity index (χ0v) is 14.8. The van der Waals surface area contributed by atoms with E-state index in [2.05, 4.69) is 10.6 Å². The molecule has 0 heterocycles. The van der Waals surface area contributed by atoms with E-state index in [1.165, 1.54) is 12.1 Å². The number of non-ortho nitro benzene ring substituents is 1. The number of amides is 1. The molecule has 0 bridgehead atoms. The van der Waals surface area contributed by atoms with Crippen LogP contribution in [-0.4, -0.2) is 42.1 Å². The molecule has 4 N–H and O–H groups in total. The Kier molecular flexibility index (Phi) is 7.22. The third kappa shape index (κ3) is 5.92. The van der Waals surface area contributed by atoms with E-state index in [1.54, 1.807) is 24.3 Å². The fourth-order valence-corrected chi connectivity index (χ4v) is 2.27. The molecular formula is C17H19N5O6. The molecule has 0 atom stereocenters. The minimum Gasteiger partial charge on any atom is -0.399 e. The molecule has 28 heavy (non-hydrogen) atoms. The van der Waals surface area contributed by atoms with Gasteiger partial charge in [-0.25, -0.2) is 0 Å². The highest BCUT2D eigenvalue weighted by atomic mass is 16.6. The number of nitro groups is 2. The van der Waals surface area contributed by atoms with Gasteiger partial charge in [-0.15, -0.1) is 0 Å². The van der Waals surface area contributed by atoms with E-state index in [4.69, 9.17) is 10.5 Å². The topological polar surface area (TPSA) is 163 Å². The molecule has 0 saturated heterocycles. The van der Waals surface area contributed by atoms with Crippen molar-refractivity contribution in [3.05, 3.63) is 68.3 Å². The quantitative estimate of drug-likeness (QED) is 0.240. The Bertz CT molecular complexity index is 856. The summed E-state index contributed by atoms with van der Waals surface area (Å²) in [5.41, 5.74) is 6.04. The number of anilines is 2. The van der Waals surface area contributed by atoms with Crippen molar-refractivity contribution in [2.75, 3.05) is 37.4 Å². The van der Waals surface area contributed by atoms with E-state index < -0.39 is 9.85 Å². The maximum Gasteiger partial charge on any atom is 0.299 e. The van der Waals surface area contributed by atoms with Gasteiger partial charge in [0.25, 0.3) is 17.3 Å². The maximum atomic E-state index is 11.9. The Labute approximate surface area is 159 Å². The molecule has 0 spiro atoms. The summed E-state index contributed by atoms with van der Waals surface area (Å²) < 4.78 is 5.35. The number of nitrogens with one attached hydrogen (secondary N) is 2. The number of nitrogens with zero attached hydrogens (tertiary/aromatic N) is 2. The van der Waals surface area contributed by atoms with Gasteiger partial charge in [-0.3, -0.25) is 25.0 Å². The van der Waals surface area contributed by atoms with Crippen LogP contribution in [0.3, 0.4) is 0 Å². The van der Waals surface area contributed by atoms with E-state index >= 15 is 0 Å². The molecule has 0 unspecified atom stereocenters. The van der Waals surface area contributed by atoms with Gasteiger partial charge in [0, 0.05) is 30.4 Å². The third-order valence-corrected chi connectivity index (χ3v) is 3.66. The van der Waals surface area contributed by atoms with Crippen LogP contribution in [0.1, 0.15) is 10.4 Å². The number of carbonyl (C=O) groups is 1. The first-order valence-electron chi connectivity index (χ1n) is 8.26. The Morgan fingerprint density at radius 1 is 1.00 bits per heavy atom. The SMILES string of the molecule is Nc1ccc(C(=O)NCCOCCNc2ccc([N+](=O)[O-])cc2[N+](=O)[O-])cc1. The van der Waals surface area contributed by atoms with Crippen LogP contribution in [0.2, 0.25) is 0 Å². The zero-order chi connectivity index (χ0) is 20.5. The number of nitrogen functional groups attached to an aromatic ring is 1. The molecule has 0 aliphatic carbocycles. The molecule has 0 aliphatic rings. The molecule has 2 rings (SSSR count). The number of nitrogens with two attached hydrogens (primary N) is 1. The lowest BCUT2D eigenvalue weighted by atomic mass is 10.2. The van der Waals surface area contributed by atoms with Crippen LogP contribution < -0.4 is 16.4 Å². The summed E-state index contributed by atoms with van der Waals surface area (Å²) in [7, 11) is 0. The van der Waals surface area contributed by atoms with Gasteiger partial charge in [0.2, 0.25) is 0 Å². The number of rotatable bonds is 10. The highest BCUT2D eigenvalue weighted by Crippen LogP contribution is 2.28. The first-order chi connectivity index (χ1) is 13.4. The van der Waals surface area contributed by atoms with Crippen LogP contribution in [-0.2, 0) is 4.74 Å². The number of hydrogen-bond donors (Lipinski definition) is 3. The average Bonchev–Trinajstić information content (AvgIpc) is 2.67. The van der Waals surface area contributed by atoms with Crippen molar-refractivity contribution in [1.29, 1.82) is 0 Å². The van der Waals surface area contributed by atoms with Crippen molar-refractivity contribution >= 4 is 28.7 Å². The van der Waals surface area contributed by atoms with E-state index in [0.29, 0.717) is 17.8 Å². The van der Waals surface area contributed by atoms with Crippen molar-refractivity contribution in [2.24, 2.45) is 0 Å². The summed E-state index contributed by atoms with van der Waals surface area (Å²) in [6, 6.07) is 9.87. The number of benzene rings is 2. The van der Waals surface area contributed by atoms with Gasteiger partial charge >= 0.3 is 0 Å². The summed E-state index contributed by atoms with van der Waals surface area (Å²) >= 11 is 0. The smallest absolute Gasteiger partial charge is 0.299 e. The van der Waals surface area contributed by atoms with Crippen molar-refractivity contribution in [2.45, 2.75) is 0 Å². The third-order valence-electron chi connectivity index (χ3n) is 3.66. The van der Waals surface area contributed by atoms with Gasteiger partial charge in [0.1, 0.15) is 5.69 Å². The standard InChI is InChI=1S/C17H19N5O6/c18-13-3-1-12(2-4-13)17(23)20-8-10-28-9-7-19-15-6-5-14(21(24)25)11-16(15)22(26)27/h1-6,11,19H,7-10,18H2,(H,20,23). The summed E-state index contributed by atoms with van der Waals surface area (Å²) in [5.74, 6) is -0.247. The van der Waals surface area contributed by atoms with Crippen molar-refractivity contribution in [3.8, 4) is 0 Å². The van der Waals surface area contributed by atoms with Crippen LogP contribution in [0.5, 0.6) is 0 Å². The molecule has 1 amide bonds. The largest absolute Gasteiger partial charge is 0.399 e. The lowest BCUT2D eigenvalue weighted by Gasteiger charge is -2.09. The number of ether oxygens (including phenoxy) is 1. The maximum absolute atomic E-state index is 11.9. The number of carbonyl (C=O) groups excluding carboxylic acids is 1. The highest BCUT2D eigenvalue weighted by Gasteiger charge is 2.18. The lowest BCUT2D eigenvalue weighted by Crippen LogP contribution is -2.27. The van der Waals surface area contributed by atoms with Gasteiger partial charge in [-0.2, -0.15) is 0 Å². The van der Waals surface area contributed by atoms with Crippen LogP contribution in [0.15, 0.2) is 42.5 Å². The fourth-order valence-electron chi connectivity index (χ4n) is 2.27. The van der Waals surface area contributed by atoms with Gasteiger partial charge in [-0.05, 0) is 30.3 Å². The predicted molar refractivity (Wildman–Crippen MR) is 102 cm³/mol. The second-order valence-electron chi connectivity index (χ2n) is 5.63. The minimum absolute atomic E-state index is 0.163.